The summed E-state index contributed by atoms with van der Waals surface area (Å²) in [6.07, 6.45) is 1.88. The molecule has 0 fully saturated rings. The highest BCUT2D eigenvalue weighted by Crippen LogP contribution is 2.34. The molecule has 2 aromatic heterocycles. The summed E-state index contributed by atoms with van der Waals surface area (Å²) in [5.74, 6) is 0.841. The summed E-state index contributed by atoms with van der Waals surface area (Å²) in [7, 11) is 1.60. The van der Waals surface area contributed by atoms with Crippen LogP contribution in [0.25, 0.3) is 28.0 Å². The van der Waals surface area contributed by atoms with E-state index in [2.05, 4.69) is 15.2 Å². The quantitative estimate of drug-likeness (QED) is 0.358. The van der Waals surface area contributed by atoms with Crippen molar-refractivity contribution in [3.8, 4) is 22.8 Å². The van der Waals surface area contributed by atoms with E-state index in [1.165, 1.54) is 13.8 Å². The zero-order chi connectivity index (χ0) is 21.3. The first-order chi connectivity index (χ1) is 14.5. The van der Waals surface area contributed by atoms with Crippen LogP contribution in [-0.2, 0) is 9.59 Å². The van der Waals surface area contributed by atoms with Gasteiger partial charge in [0.1, 0.15) is 11.0 Å². The number of carbonyl (C=O) groups is 2. The molecule has 30 heavy (non-hydrogen) atoms. The van der Waals surface area contributed by atoms with Gasteiger partial charge in [-0.15, -0.1) is 10.2 Å². The second-order valence-electron chi connectivity index (χ2n) is 6.81. The molecule has 0 aliphatic heterocycles. The second kappa shape index (κ2) is 8.16. The maximum Gasteiger partial charge on any atom is 0.197 e. The number of ketones is 2. The summed E-state index contributed by atoms with van der Waals surface area (Å²) in [4.78, 5) is 27.3. The molecule has 1 N–H and O–H groups in total. The number of nitrogens with zero attached hydrogens (tertiary/aromatic N) is 3. The number of thioether (sulfide) groups is 1. The van der Waals surface area contributed by atoms with Crippen molar-refractivity contribution in [2.24, 2.45) is 0 Å². The minimum atomic E-state index is -0.839. The van der Waals surface area contributed by atoms with Gasteiger partial charge in [-0.25, -0.2) is 0 Å². The lowest BCUT2D eigenvalue weighted by Crippen LogP contribution is -2.22. The average Bonchev–Trinajstić information content (AvgIpc) is 3.35. The lowest BCUT2D eigenvalue weighted by Gasteiger charge is -2.13. The van der Waals surface area contributed by atoms with E-state index in [-0.39, 0.29) is 11.6 Å². The van der Waals surface area contributed by atoms with Gasteiger partial charge in [-0.05, 0) is 32.0 Å². The molecule has 0 unspecified atom stereocenters. The van der Waals surface area contributed by atoms with Gasteiger partial charge in [-0.1, -0.05) is 36.0 Å². The molecule has 0 saturated heterocycles. The number of ether oxygens (including phenoxy) is 1. The number of fused-ring (bicyclic) bond motifs is 1. The molecule has 0 amide bonds. The fraction of sp³-hybridized carbons (Fsp3) is 0.182. The number of para-hydroxylation sites is 1. The third-order valence-corrected chi connectivity index (χ3v) is 6.11. The van der Waals surface area contributed by atoms with E-state index in [9.17, 15) is 9.59 Å². The third-order valence-electron chi connectivity index (χ3n) is 4.74. The number of carbonyl (C=O) groups excluding carboxylic acids is 2. The highest BCUT2D eigenvalue weighted by Gasteiger charge is 2.26. The molecule has 4 rings (SSSR count). The first kappa shape index (κ1) is 19.9. The van der Waals surface area contributed by atoms with Crippen molar-refractivity contribution >= 4 is 34.2 Å². The number of benzene rings is 2. The summed E-state index contributed by atoms with van der Waals surface area (Å²) in [6.45, 7) is 2.82. The minimum absolute atomic E-state index is 0.221. The molecule has 0 bridgehead atoms. The molecule has 0 aliphatic rings. The Bertz CT molecular complexity index is 1230. The van der Waals surface area contributed by atoms with Crippen molar-refractivity contribution in [1.29, 1.82) is 0 Å². The number of hydrogen-bond acceptors (Lipinski definition) is 6. The van der Waals surface area contributed by atoms with Gasteiger partial charge in [-0.2, -0.15) is 0 Å². The van der Waals surface area contributed by atoms with Crippen LogP contribution >= 0.6 is 11.8 Å². The van der Waals surface area contributed by atoms with Crippen molar-refractivity contribution in [1.82, 2.24) is 19.7 Å². The number of H-pyrrole nitrogens is 1. The molecule has 0 radical (unpaired) electrons. The van der Waals surface area contributed by atoms with Gasteiger partial charge in [0.2, 0.25) is 0 Å². The van der Waals surface area contributed by atoms with Gasteiger partial charge in [0.05, 0.1) is 12.8 Å². The third kappa shape index (κ3) is 3.61. The number of hydrogen-bond donors (Lipinski definition) is 1. The minimum Gasteiger partial charge on any atom is -0.497 e. The van der Waals surface area contributed by atoms with Gasteiger partial charge in [-0.3, -0.25) is 14.2 Å². The largest absolute Gasteiger partial charge is 0.497 e. The highest BCUT2D eigenvalue weighted by atomic mass is 32.2. The number of aromatic amines is 1. The van der Waals surface area contributed by atoms with Crippen LogP contribution in [0.3, 0.4) is 0 Å². The molecule has 7 nitrogen and oxygen atoms in total. The first-order valence-electron chi connectivity index (χ1n) is 9.33. The lowest BCUT2D eigenvalue weighted by atomic mass is 10.1. The van der Waals surface area contributed by atoms with Crippen LogP contribution in [0.4, 0.5) is 0 Å². The molecular weight excluding hydrogens is 400 g/mol. The Morgan fingerprint density at radius 1 is 1.07 bits per heavy atom. The van der Waals surface area contributed by atoms with Crippen LogP contribution < -0.4 is 4.74 Å². The molecule has 4 aromatic rings. The number of Topliss-reactive ketones (excluding diaryl/α,β-unsaturated/α-hetero) is 2. The molecule has 2 aromatic carbocycles. The zero-order valence-electron chi connectivity index (χ0n) is 16.7. The monoisotopic (exact) mass is 420 g/mol. The maximum atomic E-state index is 12.0. The smallest absolute Gasteiger partial charge is 0.197 e. The SMILES string of the molecule is COc1cccc(-n2c(SC(C(C)=O)C(C)=O)nnc2-c2c[nH]c3ccccc23)c1. The second-order valence-corrected chi connectivity index (χ2v) is 7.88. The van der Waals surface area contributed by atoms with Crippen LogP contribution in [-0.4, -0.2) is 43.7 Å². The molecule has 0 spiro atoms. The fourth-order valence-electron chi connectivity index (χ4n) is 3.32. The van der Waals surface area contributed by atoms with Crippen molar-refractivity contribution in [2.75, 3.05) is 7.11 Å². The molecular formula is C22H20N4O3S. The van der Waals surface area contributed by atoms with Crippen LogP contribution in [0.2, 0.25) is 0 Å². The fourth-order valence-corrected chi connectivity index (χ4v) is 4.25. The summed E-state index contributed by atoms with van der Waals surface area (Å²) >= 11 is 1.10. The van der Waals surface area contributed by atoms with Crippen molar-refractivity contribution in [3.05, 3.63) is 54.7 Å². The molecule has 152 valence electrons. The number of nitrogens with one attached hydrogen (secondary N) is 1. The Labute approximate surface area is 177 Å². The predicted molar refractivity (Wildman–Crippen MR) is 116 cm³/mol. The van der Waals surface area contributed by atoms with E-state index in [4.69, 9.17) is 4.74 Å². The zero-order valence-corrected chi connectivity index (χ0v) is 17.6. The Kier molecular flexibility index (Phi) is 5.41. The molecule has 2 heterocycles. The highest BCUT2D eigenvalue weighted by molar-refractivity contribution is 8.01. The molecule has 8 heteroatoms. The van der Waals surface area contributed by atoms with Crippen molar-refractivity contribution in [2.45, 2.75) is 24.3 Å². The topological polar surface area (TPSA) is 89.9 Å². The molecule has 0 aliphatic carbocycles. The van der Waals surface area contributed by atoms with Gasteiger partial charge in [0.15, 0.2) is 22.5 Å². The molecule has 0 atom stereocenters. The first-order valence-corrected chi connectivity index (χ1v) is 10.2. The van der Waals surface area contributed by atoms with E-state index in [0.29, 0.717) is 16.7 Å². The van der Waals surface area contributed by atoms with Crippen molar-refractivity contribution in [3.63, 3.8) is 0 Å². The predicted octanol–water partition coefficient (Wildman–Crippen LogP) is 4.06. The van der Waals surface area contributed by atoms with Crippen LogP contribution in [0, 0.1) is 0 Å². The van der Waals surface area contributed by atoms with Crippen LogP contribution in [0.15, 0.2) is 59.9 Å². The Morgan fingerprint density at radius 2 is 1.83 bits per heavy atom. The summed E-state index contributed by atoms with van der Waals surface area (Å²) in [5.41, 5.74) is 2.62. The number of aromatic nitrogens is 4. The Balaban J connectivity index is 1.92. The number of methoxy groups -OCH3 is 1. The van der Waals surface area contributed by atoms with E-state index < -0.39 is 5.25 Å². The Hall–Kier alpha value is -3.39. The van der Waals surface area contributed by atoms with E-state index >= 15 is 0 Å². The normalized spacial score (nSPS) is 11.2. The van der Waals surface area contributed by atoms with Gasteiger partial charge in [0, 0.05) is 28.7 Å². The molecule has 0 saturated carbocycles. The Morgan fingerprint density at radius 3 is 2.57 bits per heavy atom. The average molecular weight is 420 g/mol. The van der Waals surface area contributed by atoms with Crippen molar-refractivity contribution < 1.29 is 14.3 Å². The summed E-state index contributed by atoms with van der Waals surface area (Å²) in [6, 6.07) is 15.4. The summed E-state index contributed by atoms with van der Waals surface area (Å²) < 4.78 is 7.22. The number of rotatable bonds is 7. The van der Waals surface area contributed by atoms with Crippen LogP contribution in [0.5, 0.6) is 5.75 Å². The van der Waals surface area contributed by atoms with E-state index in [1.807, 2.05) is 59.3 Å². The van der Waals surface area contributed by atoms with Gasteiger partial charge >= 0.3 is 0 Å². The standard InChI is InChI=1S/C22H20N4O3S/c1-13(27)20(14(2)28)30-22-25-24-21(18-12-23-19-10-5-4-9-17(18)19)26(22)15-7-6-8-16(11-15)29-3/h4-12,20,23H,1-3H3. The van der Waals surface area contributed by atoms with Gasteiger partial charge < -0.3 is 9.72 Å². The van der Waals surface area contributed by atoms with Crippen LogP contribution in [0.1, 0.15) is 13.8 Å². The summed E-state index contributed by atoms with van der Waals surface area (Å²) in [5, 5.41) is 9.37. The lowest BCUT2D eigenvalue weighted by molar-refractivity contribution is -0.123. The maximum absolute atomic E-state index is 12.0. The van der Waals surface area contributed by atoms with E-state index in [1.54, 1.807) is 7.11 Å². The van der Waals surface area contributed by atoms with Gasteiger partial charge in [0.25, 0.3) is 0 Å². The van der Waals surface area contributed by atoms with E-state index in [0.717, 1.165) is 33.9 Å².